The molecule has 196 valence electrons. The number of hydrogen-bond acceptors (Lipinski definition) is 6. The first-order chi connectivity index (χ1) is 16.0. The number of rotatable bonds is 9. The van der Waals surface area contributed by atoms with Crippen molar-refractivity contribution in [1.29, 1.82) is 0 Å². The fourth-order valence-corrected chi connectivity index (χ4v) is 3.35. The lowest BCUT2D eigenvalue weighted by molar-refractivity contribution is -0.164. The zero-order valence-electron chi connectivity index (χ0n) is 22.5. The Morgan fingerprint density at radius 3 is 1.91 bits per heavy atom. The van der Waals surface area contributed by atoms with E-state index in [4.69, 9.17) is 9.47 Å². The first kappa shape index (κ1) is 29.9. The summed E-state index contributed by atoms with van der Waals surface area (Å²) in [5.41, 5.74) is -0.614. The summed E-state index contributed by atoms with van der Waals surface area (Å²) in [5, 5.41) is 2.60. The molecule has 0 heterocycles. The summed E-state index contributed by atoms with van der Waals surface area (Å²) in [6.45, 7) is 11.9. The van der Waals surface area contributed by atoms with E-state index in [2.05, 4.69) is 5.32 Å². The number of nitrogens with zero attached hydrogens (tertiary/aromatic N) is 2. The minimum absolute atomic E-state index is 0.0477. The Hall–Kier alpha value is -3.10. The van der Waals surface area contributed by atoms with E-state index in [1.54, 1.807) is 55.6 Å². The molecule has 1 aromatic carbocycles. The van der Waals surface area contributed by atoms with Crippen LogP contribution >= 0.6 is 0 Å². The average molecular weight is 492 g/mol. The Kier molecular flexibility index (Phi) is 10.7. The quantitative estimate of drug-likeness (QED) is 0.532. The fraction of sp³-hybridized carbons (Fsp3) is 0.615. The smallest absolute Gasteiger partial charge is 0.408 e. The van der Waals surface area contributed by atoms with Crippen LogP contribution in [0.2, 0.25) is 0 Å². The van der Waals surface area contributed by atoms with Crippen LogP contribution < -0.4 is 5.32 Å². The molecule has 0 fully saturated rings. The second kappa shape index (κ2) is 12.6. The average Bonchev–Trinajstić information content (AvgIpc) is 2.69. The van der Waals surface area contributed by atoms with Gasteiger partial charge in [0.1, 0.15) is 23.3 Å². The lowest BCUT2D eigenvalue weighted by Crippen LogP contribution is -2.52. The number of esters is 1. The van der Waals surface area contributed by atoms with Crippen LogP contribution in [0.5, 0.6) is 0 Å². The molecule has 0 saturated heterocycles. The number of alkyl carbamates (subject to hydrolysis) is 1. The molecule has 1 aromatic rings. The van der Waals surface area contributed by atoms with Gasteiger partial charge in [0.15, 0.2) is 0 Å². The maximum atomic E-state index is 13.1. The Balaban J connectivity index is 3.18. The first-order valence-corrected chi connectivity index (χ1v) is 11.7. The van der Waals surface area contributed by atoms with Crippen molar-refractivity contribution in [3.8, 4) is 0 Å². The van der Waals surface area contributed by atoms with Crippen LogP contribution in [0.4, 0.5) is 4.79 Å². The third-order valence-corrected chi connectivity index (χ3v) is 4.82. The van der Waals surface area contributed by atoms with E-state index in [-0.39, 0.29) is 31.2 Å². The second-order valence-electron chi connectivity index (χ2n) is 10.7. The van der Waals surface area contributed by atoms with E-state index < -0.39 is 35.3 Å². The molecule has 9 nitrogen and oxygen atoms in total. The van der Waals surface area contributed by atoms with Crippen LogP contribution in [0.15, 0.2) is 30.3 Å². The molecule has 0 unspecified atom stereocenters. The van der Waals surface area contributed by atoms with Crippen molar-refractivity contribution in [3.63, 3.8) is 0 Å². The Morgan fingerprint density at radius 2 is 1.46 bits per heavy atom. The first-order valence-electron chi connectivity index (χ1n) is 11.7. The van der Waals surface area contributed by atoms with E-state index in [9.17, 15) is 19.2 Å². The van der Waals surface area contributed by atoms with E-state index in [0.717, 1.165) is 5.56 Å². The molecule has 35 heavy (non-hydrogen) atoms. The van der Waals surface area contributed by atoms with Gasteiger partial charge in [-0.2, -0.15) is 0 Å². The number of amides is 3. The highest BCUT2D eigenvalue weighted by Crippen LogP contribution is 2.17. The summed E-state index contributed by atoms with van der Waals surface area (Å²) in [5.74, 6) is -1.23. The van der Waals surface area contributed by atoms with Gasteiger partial charge < -0.3 is 24.6 Å². The molecule has 0 aliphatic heterocycles. The molecule has 1 rings (SSSR count). The topological polar surface area (TPSA) is 105 Å². The van der Waals surface area contributed by atoms with Crippen LogP contribution in [-0.2, 0) is 30.3 Å². The number of carbonyl (C=O) groups is 4. The number of benzene rings is 1. The second-order valence-corrected chi connectivity index (χ2v) is 10.7. The molecule has 0 aliphatic rings. The van der Waals surface area contributed by atoms with Gasteiger partial charge in [-0.25, -0.2) is 9.59 Å². The summed E-state index contributed by atoms with van der Waals surface area (Å²) >= 11 is 0. The Bertz CT molecular complexity index is 871. The van der Waals surface area contributed by atoms with Gasteiger partial charge in [-0.3, -0.25) is 9.59 Å². The molecular weight excluding hydrogens is 450 g/mol. The third-order valence-electron chi connectivity index (χ3n) is 4.82. The highest BCUT2D eigenvalue weighted by molar-refractivity contribution is 5.86. The molecule has 0 aromatic heterocycles. The molecule has 0 bridgehead atoms. The summed E-state index contributed by atoms with van der Waals surface area (Å²) in [4.78, 5) is 53.7. The van der Waals surface area contributed by atoms with Gasteiger partial charge >= 0.3 is 12.1 Å². The summed E-state index contributed by atoms with van der Waals surface area (Å²) in [7, 11) is 3.15. The third kappa shape index (κ3) is 11.2. The highest BCUT2D eigenvalue weighted by Gasteiger charge is 2.34. The minimum Gasteiger partial charge on any atom is -0.458 e. The van der Waals surface area contributed by atoms with E-state index >= 15 is 0 Å². The van der Waals surface area contributed by atoms with Gasteiger partial charge in [-0.1, -0.05) is 30.3 Å². The number of likely N-dealkylation sites (N-methyl/N-ethyl adjacent to an activating group) is 1. The van der Waals surface area contributed by atoms with Crippen LogP contribution in [0.3, 0.4) is 0 Å². The lowest BCUT2D eigenvalue weighted by atomic mass is 10.0. The predicted molar refractivity (Wildman–Crippen MR) is 134 cm³/mol. The monoisotopic (exact) mass is 491 g/mol. The molecule has 1 N–H and O–H groups in total. The van der Waals surface area contributed by atoms with Crippen molar-refractivity contribution >= 4 is 23.9 Å². The van der Waals surface area contributed by atoms with Crippen molar-refractivity contribution in [3.05, 3.63) is 35.9 Å². The van der Waals surface area contributed by atoms with Crippen molar-refractivity contribution in [1.82, 2.24) is 15.1 Å². The standard InChI is InChI=1S/C26H41N3O6/c1-18(30)29(16-15-20(22(31)28(8)9)27-24(33)35-26(5,6)7)21(23(32)34-25(2,3)4)17-19-13-11-10-12-14-19/h10-14,20-21H,15-17H2,1-9H3,(H,27,33)/t20-,21+/m0/s1. The normalized spacial score (nSPS) is 13.3. The van der Waals surface area contributed by atoms with Gasteiger partial charge in [0.05, 0.1) is 0 Å². The van der Waals surface area contributed by atoms with Gasteiger partial charge in [0, 0.05) is 34.0 Å². The van der Waals surface area contributed by atoms with E-state index in [1.165, 1.54) is 16.7 Å². The van der Waals surface area contributed by atoms with Crippen molar-refractivity contribution in [2.75, 3.05) is 20.6 Å². The maximum Gasteiger partial charge on any atom is 0.408 e. The minimum atomic E-state index is -0.947. The fourth-order valence-electron chi connectivity index (χ4n) is 3.35. The highest BCUT2D eigenvalue weighted by atomic mass is 16.6. The van der Waals surface area contributed by atoms with Crippen LogP contribution in [0, 0.1) is 0 Å². The molecule has 9 heteroatoms. The van der Waals surface area contributed by atoms with Crippen LogP contribution in [-0.4, -0.2) is 77.6 Å². The molecule has 0 saturated carbocycles. The lowest BCUT2D eigenvalue weighted by Gasteiger charge is -2.33. The Morgan fingerprint density at radius 1 is 0.914 bits per heavy atom. The number of hydrogen-bond donors (Lipinski definition) is 1. The maximum absolute atomic E-state index is 13.1. The van der Waals surface area contributed by atoms with Gasteiger partial charge in [0.25, 0.3) is 0 Å². The largest absolute Gasteiger partial charge is 0.458 e. The van der Waals surface area contributed by atoms with Crippen molar-refractivity contribution in [2.24, 2.45) is 0 Å². The molecule has 0 spiro atoms. The molecule has 3 amide bonds. The van der Waals surface area contributed by atoms with E-state index in [1.807, 2.05) is 30.3 Å². The number of ether oxygens (including phenoxy) is 2. The van der Waals surface area contributed by atoms with Gasteiger partial charge in [-0.05, 0) is 53.5 Å². The van der Waals surface area contributed by atoms with Crippen molar-refractivity contribution in [2.45, 2.75) is 84.6 Å². The summed E-state index contributed by atoms with van der Waals surface area (Å²) < 4.78 is 10.9. The zero-order chi connectivity index (χ0) is 27.0. The SMILES string of the molecule is CC(=O)N(CC[C@H](NC(=O)OC(C)(C)C)C(=O)N(C)C)[C@H](Cc1ccccc1)C(=O)OC(C)(C)C. The molecule has 0 aliphatic carbocycles. The van der Waals surface area contributed by atoms with Gasteiger partial charge in [0.2, 0.25) is 11.8 Å². The number of nitrogens with one attached hydrogen (secondary N) is 1. The summed E-state index contributed by atoms with van der Waals surface area (Å²) in [6.07, 6.45) is -0.398. The van der Waals surface area contributed by atoms with E-state index in [0.29, 0.717) is 0 Å². The zero-order valence-corrected chi connectivity index (χ0v) is 22.5. The van der Waals surface area contributed by atoms with Crippen molar-refractivity contribution < 1.29 is 28.7 Å². The van der Waals surface area contributed by atoms with Gasteiger partial charge in [-0.15, -0.1) is 0 Å². The molecular formula is C26H41N3O6. The van der Waals surface area contributed by atoms with Crippen LogP contribution in [0.25, 0.3) is 0 Å². The predicted octanol–water partition coefficient (Wildman–Crippen LogP) is 3.16. The van der Waals surface area contributed by atoms with Crippen LogP contribution in [0.1, 0.15) is 60.5 Å². The Labute approximate surface area is 209 Å². The molecule has 2 atom stereocenters. The summed E-state index contributed by atoms with van der Waals surface area (Å²) in [6, 6.07) is 7.49. The number of carbonyl (C=O) groups excluding carboxylic acids is 4. The molecule has 0 radical (unpaired) electrons.